The summed E-state index contributed by atoms with van der Waals surface area (Å²) < 4.78 is 0. The van der Waals surface area contributed by atoms with Crippen molar-refractivity contribution in [3.8, 4) is 40.6 Å². The number of benzene rings is 2. The van der Waals surface area contributed by atoms with Gasteiger partial charge in [0.05, 0.1) is 0 Å². The number of phenols is 5. The molecule has 2 bridgehead atoms. The second-order valence-electron chi connectivity index (χ2n) is 7.46. The number of rotatable bonds is 1. The highest BCUT2D eigenvalue weighted by Crippen LogP contribution is 2.50. The second kappa shape index (κ2) is 6.68. The Balaban J connectivity index is 1.85. The van der Waals surface area contributed by atoms with Gasteiger partial charge in [0.25, 0.3) is 0 Å². The SMILES string of the molecule is O=Cc1cc2c(cc1C#Cc1c(O)c(O)c(O)c(O)c1O)C1CCCC2CC1. The summed E-state index contributed by atoms with van der Waals surface area (Å²) in [4.78, 5) is 11.6. The summed E-state index contributed by atoms with van der Waals surface area (Å²) >= 11 is 0. The summed E-state index contributed by atoms with van der Waals surface area (Å²) in [6, 6.07) is 3.79. The van der Waals surface area contributed by atoms with Crippen molar-refractivity contribution in [3.63, 3.8) is 0 Å². The van der Waals surface area contributed by atoms with Gasteiger partial charge in [-0.15, -0.1) is 0 Å². The average molecular weight is 380 g/mol. The summed E-state index contributed by atoms with van der Waals surface area (Å²) in [5.74, 6) is 1.50. The Morgan fingerprint density at radius 3 is 1.86 bits per heavy atom. The van der Waals surface area contributed by atoms with E-state index in [1.54, 1.807) is 0 Å². The van der Waals surface area contributed by atoms with Gasteiger partial charge < -0.3 is 25.5 Å². The number of aldehydes is 1. The van der Waals surface area contributed by atoms with Gasteiger partial charge in [-0.25, -0.2) is 0 Å². The predicted octanol–water partition coefficient (Wildman–Crippen LogP) is 3.57. The minimum atomic E-state index is -1.03. The van der Waals surface area contributed by atoms with Crippen molar-refractivity contribution >= 4 is 6.29 Å². The third-order valence-electron chi connectivity index (χ3n) is 5.92. The molecule has 3 aliphatic rings. The highest BCUT2D eigenvalue weighted by Gasteiger charge is 2.31. The second-order valence-corrected chi connectivity index (χ2v) is 7.46. The van der Waals surface area contributed by atoms with E-state index >= 15 is 0 Å². The van der Waals surface area contributed by atoms with Gasteiger partial charge in [-0.2, -0.15) is 0 Å². The fourth-order valence-electron chi connectivity index (χ4n) is 4.42. The standard InChI is InChI=1S/C22H20O6/c23-10-14-9-17-12-3-1-2-11(4-5-12)16(17)8-13(14)6-7-15-18(24)20(26)22(28)21(27)19(15)25/h8-12,24-28H,1-5H2. The lowest BCUT2D eigenvalue weighted by Gasteiger charge is -2.28. The van der Waals surface area contributed by atoms with Crippen LogP contribution in [0.3, 0.4) is 0 Å². The normalized spacial score (nSPS) is 20.0. The van der Waals surface area contributed by atoms with Crippen molar-refractivity contribution in [2.24, 2.45) is 0 Å². The number of hydrogen-bond acceptors (Lipinski definition) is 6. The molecule has 28 heavy (non-hydrogen) atoms. The predicted molar refractivity (Wildman–Crippen MR) is 101 cm³/mol. The van der Waals surface area contributed by atoms with E-state index in [1.165, 1.54) is 11.1 Å². The van der Waals surface area contributed by atoms with E-state index in [0.29, 0.717) is 23.0 Å². The molecule has 1 fully saturated rings. The van der Waals surface area contributed by atoms with Crippen LogP contribution in [-0.4, -0.2) is 31.8 Å². The van der Waals surface area contributed by atoms with Crippen LogP contribution in [-0.2, 0) is 0 Å². The molecule has 0 aromatic heterocycles. The summed E-state index contributed by atoms with van der Waals surface area (Å²) in [5, 5.41) is 48.7. The molecule has 6 nitrogen and oxygen atoms in total. The Labute approximate surface area is 161 Å². The van der Waals surface area contributed by atoms with Gasteiger partial charge in [0, 0.05) is 11.1 Å². The molecule has 5 rings (SSSR count). The van der Waals surface area contributed by atoms with E-state index in [0.717, 1.165) is 38.4 Å². The molecule has 6 heteroatoms. The molecule has 0 heterocycles. The summed E-state index contributed by atoms with van der Waals surface area (Å²) in [6.45, 7) is 0. The van der Waals surface area contributed by atoms with Crippen molar-refractivity contribution in [3.05, 3.63) is 39.9 Å². The van der Waals surface area contributed by atoms with E-state index in [2.05, 4.69) is 11.8 Å². The summed E-state index contributed by atoms with van der Waals surface area (Å²) in [5.41, 5.74) is 2.86. The Morgan fingerprint density at radius 2 is 1.29 bits per heavy atom. The van der Waals surface area contributed by atoms with Gasteiger partial charge in [-0.1, -0.05) is 18.3 Å². The number of fused-ring (bicyclic) bond motifs is 3. The van der Waals surface area contributed by atoms with E-state index in [9.17, 15) is 30.3 Å². The first-order valence-electron chi connectivity index (χ1n) is 9.26. The molecule has 0 aliphatic heterocycles. The van der Waals surface area contributed by atoms with Gasteiger partial charge in [-0.3, -0.25) is 4.79 Å². The molecule has 2 unspecified atom stereocenters. The lowest BCUT2D eigenvalue weighted by molar-refractivity contribution is 0.112. The Kier molecular flexibility index (Phi) is 4.31. The fourth-order valence-corrected chi connectivity index (χ4v) is 4.42. The van der Waals surface area contributed by atoms with Crippen LogP contribution in [0.2, 0.25) is 0 Å². The molecular formula is C22H20O6. The molecule has 144 valence electrons. The van der Waals surface area contributed by atoms with Crippen LogP contribution >= 0.6 is 0 Å². The zero-order valence-corrected chi connectivity index (χ0v) is 15.1. The molecule has 2 aromatic rings. The van der Waals surface area contributed by atoms with Crippen molar-refractivity contribution in [1.82, 2.24) is 0 Å². The molecule has 3 aliphatic carbocycles. The van der Waals surface area contributed by atoms with Crippen LogP contribution < -0.4 is 0 Å². The topological polar surface area (TPSA) is 118 Å². The summed E-state index contributed by atoms with van der Waals surface area (Å²) in [7, 11) is 0. The van der Waals surface area contributed by atoms with Gasteiger partial charge in [0.1, 0.15) is 5.56 Å². The van der Waals surface area contributed by atoms with Crippen LogP contribution in [0.4, 0.5) is 0 Å². The van der Waals surface area contributed by atoms with Crippen molar-refractivity contribution in [1.29, 1.82) is 0 Å². The van der Waals surface area contributed by atoms with Crippen molar-refractivity contribution < 1.29 is 30.3 Å². The first-order chi connectivity index (χ1) is 13.4. The van der Waals surface area contributed by atoms with Gasteiger partial charge in [-0.05, 0) is 60.8 Å². The Hall–Kier alpha value is -3.33. The zero-order chi connectivity index (χ0) is 20.0. The highest BCUT2D eigenvalue weighted by atomic mass is 16.4. The molecule has 2 atom stereocenters. The minimum absolute atomic E-state index is 0.421. The minimum Gasteiger partial charge on any atom is -0.503 e. The molecule has 0 spiro atoms. The van der Waals surface area contributed by atoms with E-state index < -0.39 is 34.3 Å². The highest BCUT2D eigenvalue weighted by molar-refractivity contribution is 5.81. The Morgan fingerprint density at radius 1 is 0.750 bits per heavy atom. The third-order valence-corrected chi connectivity index (χ3v) is 5.92. The molecule has 5 N–H and O–H groups in total. The number of carbonyl (C=O) groups excluding carboxylic acids is 1. The molecule has 2 aromatic carbocycles. The molecule has 0 radical (unpaired) electrons. The lowest BCUT2D eigenvalue weighted by Crippen LogP contribution is -2.12. The van der Waals surface area contributed by atoms with E-state index in [4.69, 9.17) is 0 Å². The van der Waals surface area contributed by atoms with Gasteiger partial charge in [0.2, 0.25) is 17.2 Å². The quantitative estimate of drug-likeness (QED) is 0.223. The molecule has 0 amide bonds. The molecule has 0 saturated heterocycles. The monoisotopic (exact) mass is 380 g/mol. The smallest absolute Gasteiger partial charge is 0.208 e. The number of aromatic hydroxyl groups is 5. The summed E-state index contributed by atoms with van der Waals surface area (Å²) in [6.07, 6.45) is 6.38. The average Bonchev–Trinajstić information content (AvgIpc) is 3.05. The maximum atomic E-state index is 11.6. The Bertz CT molecular complexity index is 1010. The maximum absolute atomic E-state index is 11.6. The van der Waals surface area contributed by atoms with Gasteiger partial charge in [0.15, 0.2) is 17.8 Å². The van der Waals surface area contributed by atoms with E-state index in [-0.39, 0.29) is 0 Å². The van der Waals surface area contributed by atoms with Crippen LogP contribution in [0.15, 0.2) is 12.1 Å². The molecular weight excluding hydrogens is 360 g/mol. The first kappa shape index (κ1) is 18.1. The third kappa shape index (κ3) is 2.71. The fraction of sp³-hybridized carbons (Fsp3) is 0.318. The zero-order valence-electron chi connectivity index (χ0n) is 15.1. The number of hydrogen-bond donors (Lipinski definition) is 5. The van der Waals surface area contributed by atoms with Gasteiger partial charge >= 0.3 is 0 Å². The maximum Gasteiger partial charge on any atom is 0.208 e. The van der Waals surface area contributed by atoms with Crippen molar-refractivity contribution in [2.45, 2.75) is 43.9 Å². The number of carbonyl (C=O) groups is 1. The number of phenolic OH excluding ortho intramolecular Hbond substituents is 5. The lowest BCUT2D eigenvalue weighted by atomic mass is 9.77. The van der Waals surface area contributed by atoms with Crippen LogP contribution in [0.1, 0.15) is 76.6 Å². The van der Waals surface area contributed by atoms with Crippen molar-refractivity contribution in [2.75, 3.05) is 0 Å². The molecule has 1 saturated carbocycles. The van der Waals surface area contributed by atoms with Crippen LogP contribution in [0, 0.1) is 11.8 Å². The van der Waals surface area contributed by atoms with Crippen LogP contribution in [0.25, 0.3) is 0 Å². The largest absolute Gasteiger partial charge is 0.503 e. The van der Waals surface area contributed by atoms with Crippen LogP contribution in [0.5, 0.6) is 28.7 Å². The first-order valence-corrected chi connectivity index (χ1v) is 9.26. The van der Waals surface area contributed by atoms with E-state index in [1.807, 2.05) is 12.1 Å².